The lowest BCUT2D eigenvalue weighted by atomic mass is 10.0. The monoisotopic (exact) mass is 650 g/mol. The Balaban J connectivity index is 1.07. The van der Waals surface area contributed by atoms with Crippen molar-refractivity contribution in [3.05, 3.63) is 182 Å². The molecule has 0 fully saturated rings. The van der Waals surface area contributed by atoms with Crippen LogP contribution in [0.3, 0.4) is 0 Å². The van der Waals surface area contributed by atoms with E-state index in [-0.39, 0.29) is 0 Å². The average molecular weight is 651 g/mol. The molecule has 0 bridgehead atoms. The van der Waals surface area contributed by atoms with Crippen LogP contribution in [0.4, 0.5) is 0 Å². The quantitative estimate of drug-likeness (QED) is 0.186. The number of hydrogen-bond acceptors (Lipinski definition) is 1. The topological polar surface area (TPSA) is 23.0 Å². The summed E-state index contributed by atoms with van der Waals surface area (Å²) in [6.07, 6.45) is 0. The van der Waals surface area contributed by atoms with E-state index in [1.807, 2.05) is 12.1 Å². The summed E-state index contributed by atoms with van der Waals surface area (Å²) in [6.45, 7) is 0. The molecule has 238 valence electrons. The minimum atomic E-state index is 0.898. The van der Waals surface area contributed by atoms with Gasteiger partial charge in [0.15, 0.2) is 0 Å². The molecule has 0 saturated heterocycles. The predicted octanol–water partition coefficient (Wildman–Crippen LogP) is 13.1. The third kappa shape index (κ3) is 4.25. The normalized spacial score (nSPS) is 11.9. The molecule has 0 amide bonds. The number of para-hydroxylation sites is 3. The van der Waals surface area contributed by atoms with E-state index in [9.17, 15) is 0 Å². The molecule has 11 rings (SSSR count). The van der Waals surface area contributed by atoms with Crippen molar-refractivity contribution in [1.82, 2.24) is 9.13 Å². The number of furan rings is 1. The van der Waals surface area contributed by atoms with Crippen LogP contribution in [-0.2, 0) is 0 Å². The van der Waals surface area contributed by atoms with Gasteiger partial charge in [0.1, 0.15) is 11.2 Å². The van der Waals surface area contributed by atoms with Crippen LogP contribution in [0, 0.1) is 0 Å². The van der Waals surface area contributed by atoms with Crippen molar-refractivity contribution in [3.63, 3.8) is 0 Å². The molecule has 0 saturated carbocycles. The summed E-state index contributed by atoms with van der Waals surface area (Å²) in [5, 5.41) is 7.24. The smallest absolute Gasteiger partial charge is 0.137 e. The number of fused-ring (bicyclic) bond motifs is 9. The molecule has 0 aliphatic heterocycles. The number of aromatic nitrogens is 2. The lowest BCUT2D eigenvalue weighted by Gasteiger charge is -2.11. The second-order valence-corrected chi connectivity index (χ2v) is 13.4. The summed E-state index contributed by atoms with van der Waals surface area (Å²) in [5.74, 6) is 0. The van der Waals surface area contributed by atoms with Crippen molar-refractivity contribution in [2.75, 3.05) is 0 Å². The van der Waals surface area contributed by atoms with Crippen LogP contribution in [-0.4, -0.2) is 9.13 Å². The molecule has 0 unspecified atom stereocenters. The molecular weight excluding hydrogens is 621 g/mol. The first-order valence-corrected chi connectivity index (χ1v) is 17.4. The maximum atomic E-state index is 6.30. The van der Waals surface area contributed by atoms with Crippen molar-refractivity contribution in [1.29, 1.82) is 0 Å². The van der Waals surface area contributed by atoms with E-state index in [4.69, 9.17) is 4.42 Å². The zero-order valence-electron chi connectivity index (χ0n) is 27.6. The summed E-state index contributed by atoms with van der Waals surface area (Å²) >= 11 is 0. The van der Waals surface area contributed by atoms with Gasteiger partial charge in [-0.2, -0.15) is 0 Å². The van der Waals surface area contributed by atoms with E-state index in [2.05, 4.69) is 179 Å². The first-order valence-electron chi connectivity index (χ1n) is 17.4. The molecule has 3 nitrogen and oxygen atoms in total. The van der Waals surface area contributed by atoms with Gasteiger partial charge in [-0.3, -0.25) is 0 Å². The van der Waals surface area contributed by atoms with E-state index < -0.39 is 0 Å². The van der Waals surface area contributed by atoms with E-state index in [0.717, 1.165) is 33.3 Å². The Labute approximate surface area is 293 Å². The second-order valence-electron chi connectivity index (χ2n) is 13.4. The predicted molar refractivity (Wildman–Crippen MR) is 213 cm³/mol. The van der Waals surface area contributed by atoms with Crippen molar-refractivity contribution in [3.8, 4) is 33.6 Å². The van der Waals surface area contributed by atoms with Crippen LogP contribution >= 0.6 is 0 Å². The summed E-state index contributed by atoms with van der Waals surface area (Å²) in [4.78, 5) is 0. The lowest BCUT2D eigenvalue weighted by Crippen LogP contribution is -1.94. The Morgan fingerprint density at radius 3 is 1.59 bits per heavy atom. The van der Waals surface area contributed by atoms with Gasteiger partial charge in [-0.15, -0.1) is 0 Å². The molecular formula is C48H30N2O. The van der Waals surface area contributed by atoms with Crippen LogP contribution in [0.25, 0.3) is 99.2 Å². The summed E-state index contributed by atoms with van der Waals surface area (Å²) in [6, 6.07) is 65.6. The molecule has 3 aromatic heterocycles. The highest BCUT2D eigenvalue weighted by Gasteiger charge is 2.17. The largest absolute Gasteiger partial charge is 0.456 e. The van der Waals surface area contributed by atoms with E-state index in [1.165, 1.54) is 65.9 Å². The zero-order valence-corrected chi connectivity index (χ0v) is 27.6. The summed E-state index contributed by atoms with van der Waals surface area (Å²) in [5.41, 5.74) is 13.6. The van der Waals surface area contributed by atoms with Crippen molar-refractivity contribution < 1.29 is 4.42 Å². The third-order valence-corrected chi connectivity index (χ3v) is 10.5. The first kappa shape index (κ1) is 28.0. The van der Waals surface area contributed by atoms with Crippen molar-refractivity contribution in [2.45, 2.75) is 0 Å². The van der Waals surface area contributed by atoms with E-state index >= 15 is 0 Å². The molecule has 0 atom stereocenters. The fraction of sp³-hybridized carbons (Fsp3) is 0. The average Bonchev–Trinajstić information content (AvgIpc) is 3.85. The molecule has 51 heavy (non-hydrogen) atoms. The minimum absolute atomic E-state index is 0.898. The molecule has 0 radical (unpaired) electrons. The number of hydrogen-bond donors (Lipinski definition) is 0. The molecule has 8 aromatic carbocycles. The molecule has 0 aliphatic carbocycles. The maximum absolute atomic E-state index is 6.30. The van der Waals surface area contributed by atoms with Crippen LogP contribution in [0.1, 0.15) is 0 Å². The van der Waals surface area contributed by atoms with Crippen LogP contribution in [0.2, 0.25) is 0 Å². The van der Waals surface area contributed by atoms with Gasteiger partial charge in [0.2, 0.25) is 0 Å². The Hall–Kier alpha value is -6.84. The Kier molecular flexibility index (Phi) is 5.96. The van der Waals surface area contributed by atoms with Crippen molar-refractivity contribution >= 4 is 65.6 Å². The van der Waals surface area contributed by atoms with E-state index in [1.54, 1.807) is 0 Å². The highest BCUT2D eigenvalue weighted by atomic mass is 16.3. The summed E-state index contributed by atoms with van der Waals surface area (Å²) < 4.78 is 11.1. The van der Waals surface area contributed by atoms with E-state index in [0.29, 0.717) is 0 Å². The fourth-order valence-electron chi connectivity index (χ4n) is 8.15. The van der Waals surface area contributed by atoms with Gasteiger partial charge in [-0.05, 0) is 82.9 Å². The van der Waals surface area contributed by atoms with Gasteiger partial charge in [0.05, 0.1) is 22.1 Å². The zero-order chi connectivity index (χ0) is 33.5. The third-order valence-electron chi connectivity index (χ3n) is 10.5. The van der Waals surface area contributed by atoms with Gasteiger partial charge in [-0.25, -0.2) is 0 Å². The second kappa shape index (κ2) is 10.8. The van der Waals surface area contributed by atoms with Crippen molar-refractivity contribution in [2.24, 2.45) is 0 Å². The number of rotatable bonds is 4. The molecule has 0 aliphatic rings. The number of nitrogens with zero attached hydrogens (tertiary/aromatic N) is 2. The number of benzene rings is 8. The lowest BCUT2D eigenvalue weighted by molar-refractivity contribution is 0.668. The van der Waals surface area contributed by atoms with Gasteiger partial charge < -0.3 is 13.6 Å². The Bertz CT molecular complexity index is 3120. The minimum Gasteiger partial charge on any atom is -0.456 e. The molecule has 3 heteroatoms. The molecule has 0 N–H and O–H groups in total. The first-order chi connectivity index (χ1) is 25.3. The summed E-state index contributed by atoms with van der Waals surface area (Å²) in [7, 11) is 0. The van der Waals surface area contributed by atoms with Crippen LogP contribution in [0.5, 0.6) is 0 Å². The van der Waals surface area contributed by atoms with Gasteiger partial charge in [-0.1, -0.05) is 115 Å². The molecule has 3 heterocycles. The van der Waals surface area contributed by atoms with Crippen LogP contribution in [0.15, 0.2) is 186 Å². The Morgan fingerprint density at radius 1 is 0.275 bits per heavy atom. The maximum Gasteiger partial charge on any atom is 0.137 e. The highest BCUT2D eigenvalue weighted by Crippen LogP contribution is 2.39. The van der Waals surface area contributed by atoms with Crippen LogP contribution < -0.4 is 0 Å². The SMILES string of the molecule is c1ccc(-c2ccc(-n3c4ccccc4c4ccc(-c5ccc6c(c5)c5ccccc5n6-c5ccc6c(c5)oc5ccccc56)cc43)cc2)cc1. The highest BCUT2D eigenvalue weighted by molar-refractivity contribution is 6.13. The fourth-order valence-corrected chi connectivity index (χ4v) is 8.15. The molecule has 11 aromatic rings. The van der Waals surface area contributed by atoms with Gasteiger partial charge >= 0.3 is 0 Å². The van der Waals surface area contributed by atoms with Gasteiger partial charge in [0, 0.05) is 49.8 Å². The Morgan fingerprint density at radius 2 is 0.784 bits per heavy atom. The molecule has 0 spiro atoms. The van der Waals surface area contributed by atoms with Gasteiger partial charge in [0.25, 0.3) is 0 Å². The standard InChI is InChI=1S/C48H30N2O/c1-2-10-31(11-3-1)32-18-22-35(23-19-32)49-43-15-7-4-12-37(43)39-25-20-34(29-46(39)49)33-21-27-45-42(28-33)38-13-5-8-16-44(38)50(45)36-24-26-41-40-14-6-9-17-47(40)51-48(41)30-36/h1-30H.